The number of aliphatic hydroxyl groups is 7. The van der Waals surface area contributed by atoms with E-state index >= 15 is 0 Å². The SMILES string of the molecule is CCCCCCN(CCCCO[C@H]1O[C@H](CO)[C@@H](O[C@@H]2O[C@H](CO)[C@H](O)[C@H](O)[C@H]2O)[C@H](O)[C@H]1O)C(=O)C(F)(F)F. The van der Waals surface area contributed by atoms with Crippen molar-refractivity contribution in [1.82, 2.24) is 4.90 Å². The number of ether oxygens (including phenoxy) is 4. The molecule has 0 bridgehead atoms. The summed E-state index contributed by atoms with van der Waals surface area (Å²) in [6.07, 6.45) is -17.6. The predicted octanol–water partition coefficient (Wildman–Crippen LogP) is -1.62. The second-order valence-corrected chi connectivity index (χ2v) is 9.93. The number of aliphatic hydroxyl groups excluding tert-OH is 7. The van der Waals surface area contributed by atoms with Gasteiger partial charge in [0.15, 0.2) is 12.6 Å². The highest BCUT2D eigenvalue weighted by atomic mass is 19.4. The highest BCUT2D eigenvalue weighted by molar-refractivity contribution is 5.81. The lowest BCUT2D eigenvalue weighted by atomic mass is 9.97. The molecule has 2 heterocycles. The molecule has 13 nitrogen and oxygen atoms in total. The smallest absolute Gasteiger partial charge is 0.394 e. The summed E-state index contributed by atoms with van der Waals surface area (Å²) in [5.74, 6) is -1.91. The number of halogens is 3. The maximum atomic E-state index is 12.9. The molecule has 0 aliphatic carbocycles. The van der Waals surface area contributed by atoms with E-state index in [1.807, 2.05) is 6.92 Å². The summed E-state index contributed by atoms with van der Waals surface area (Å²) in [6, 6.07) is 0. The topological polar surface area (TPSA) is 199 Å². The standard InChI is InChI=1S/C24H42F3NO12/c1-2-3-4-5-8-28(23(36)24(25,26)27)9-6-7-10-37-21-19(35)17(33)20(14(12-30)39-21)40-22-18(34)16(32)15(31)13(11-29)38-22/h13-22,29-35H,2-12H2,1H3/t13-,14-,15+,16+,17-,18-,19-,20-,21+,22+/m1/s1. The van der Waals surface area contributed by atoms with E-state index in [1.54, 1.807) is 0 Å². The molecule has 10 atom stereocenters. The third-order valence-electron chi connectivity index (χ3n) is 6.88. The summed E-state index contributed by atoms with van der Waals surface area (Å²) in [4.78, 5) is 12.5. The monoisotopic (exact) mass is 593 g/mol. The fourth-order valence-electron chi connectivity index (χ4n) is 4.52. The summed E-state index contributed by atoms with van der Waals surface area (Å²) >= 11 is 0. The Kier molecular flexibility index (Phi) is 14.4. The number of alkyl halides is 3. The van der Waals surface area contributed by atoms with Crippen LogP contribution in [0.1, 0.15) is 45.4 Å². The van der Waals surface area contributed by atoms with Gasteiger partial charge in [0.1, 0.15) is 48.8 Å². The molecule has 0 spiro atoms. The maximum absolute atomic E-state index is 12.9. The number of hydrogen-bond donors (Lipinski definition) is 7. The van der Waals surface area contributed by atoms with E-state index in [2.05, 4.69) is 0 Å². The van der Waals surface area contributed by atoms with E-state index in [-0.39, 0.29) is 32.5 Å². The average molecular weight is 594 g/mol. The van der Waals surface area contributed by atoms with Crippen LogP contribution in [0.2, 0.25) is 0 Å². The average Bonchev–Trinajstić information content (AvgIpc) is 2.92. The molecule has 0 unspecified atom stereocenters. The fraction of sp³-hybridized carbons (Fsp3) is 0.958. The van der Waals surface area contributed by atoms with Gasteiger partial charge in [0.25, 0.3) is 0 Å². The fourth-order valence-corrected chi connectivity index (χ4v) is 4.52. The highest BCUT2D eigenvalue weighted by Crippen LogP contribution is 2.29. The van der Waals surface area contributed by atoms with Crippen molar-refractivity contribution in [2.24, 2.45) is 0 Å². The molecule has 0 radical (unpaired) electrons. The minimum atomic E-state index is -4.98. The molecule has 0 aromatic heterocycles. The van der Waals surface area contributed by atoms with Crippen molar-refractivity contribution >= 4 is 5.91 Å². The molecule has 236 valence electrons. The van der Waals surface area contributed by atoms with E-state index in [9.17, 15) is 53.7 Å². The molecular weight excluding hydrogens is 551 g/mol. The molecule has 2 saturated heterocycles. The molecule has 2 aliphatic heterocycles. The van der Waals surface area contributed by atoms with Gasteiger partial charge in [-0.1, -0.05) is 26.2 Å². The van der Waals surface area contributed by atoms with Crippen molar-refractivity contribution < 1.29 is 72.7 Å². The zero-order chi connectivity index (χ0) is 30.0. The van der Waals surface area contributed by atoms with E-state index in [4.69, 9.17) is 18.9 Å². The van der Waals surface area contributed by atoms with Gasteiger partial charge in [-0.15, -0.1) is 0 Å². The summed E-state index contributed by atoms with van der Waals surface area (Å²) in [5, 5.41) is 70.1. The van der Waals surface area contributed by atoms with Crippen LogP contribution in [0.15, 0.2) is 0 Å². The van der Waals surface area contributed by atoms with Crippen molar-refractivity contribution in [2.45, 2.75) is 113 Å². The number of rotatable bonds is 15. The van der Waals surface area contributed by atoms with E-state index < -0.39 is 86.7 Å². The van der Waals surface area contributed by atoms with E-state index in [0.29, 0.717) is 12.8 Å². The van der Waals surface area contributed by atoms with Crippen molar-refractivity contribution in [2.75, 3.05) is 32.9 Å². The van der Waals surface area contributed by atoms with Crippen LogP contribution in [-0.4, -0.2) is 147 Å². The second-order valence-electron chi connectivity index (χ2n) is 9.93. The van der Waals surface area contributed by atoms with Gasteiger partial charge < -0.3 is 59.6 Å². The molecule has 0 saturated carbocycles. The Morgan fingerprint density at radius 2 is 1.35 bits per heavy atom. The molecule has 0 aromatic carbocycles. The lowest BCUT2D eigenvalue weighted by Crippen LogP contribution is -2.64. The largest absolute Gasteiger partial charge is 0.471 e. The van der Waals surface area contributed by atoms with Crippen LogP contribution in [0.4, 0.5) is 13.2 Å². The quantitative estimate of drug-likeness (QED) is 0.107. The van der Waals surface area contributed by atoms with Crippen LogP contribution >= 0.6 is 0 Å². The summed E-state index contributed by atoms with van der Waals surface area (Å²) < 4.78 is 60.4. The van der Waals surface area contributed by atoms with Gasteiger partial charge in [0.2, 0.25) is 0 Å². The van der Waals surface area contributed by atoms with Crippen LogP contribution < -0.4 is 0 Å². The van der Waals surface area contributed by atoms with E-state index in [1.165, 1.54) is 0 Å². The summed E-state index contributed by atoms with van der Waals surface area (Å²) in [6.45, 7) is 0.202. The molecule has 2 aliphatic rings. The van der Waals surface area contributed by atoms with Gasteiger partial charge in [-0.2, -0.15) is 13.2 Å². The first-order valence-electron chi connectivity index (χ1n) is 13.4. The van der Waals surface area contributed by atoms with Crippen molar-refractivity contribution in [3.05, 3.63) is 0 Å². The van der Waals surface area contributed by atoms with Crippen molar-refractivity contribution in [1.29, 1.82) is 0 Å². The van der Waals surface area contributed by atoms with Crippen LogP contribution in [0, 0.1) is 0 Å². The zero-order valence-corrected chi connectivity index (χ0v) is 22.3. The van der Waals surface area contributed by atoms with Crippen LogP contribution in [-0.2, 0) is 23.7 Å². The van der Waals surface area contributed by atoms with Crippen LogP contribution in [0.3, 0.4) is 0 Å². The number of hydrogen-bond acceptors (Lipinski definition) is 12. The molecule has 0 aromatic rings. The first-order chi connectivity index (χ1) is 18.9. The second kappa shape index (κ2) is 16.5. The molecule has 2 rings (SSSR count). The molecule has 40 heavy (non-hydrogen) atoms. The third kappa shape index (κ3) is 9.42. The van der Waals surface area contributed by atoms with Gasteiger partial charge in [-0.05, 0) is 19.3 Å². The zero-order valence-electron chi connectivity index (χ0n) is 22.3. The minimum Gasteiger partial charge on any atom is -0.394 e. The van der Waals surface area contributed by atoms with Crippen LogP contribution in [0.5, 0.6) is 0 Å². The maximum Gasteiger partial charge on any atom is 0.471 e. The summed E-state index contributed by atoms with van der Waals surface area (Å²) in [5.41, 5.74) is 0. The Morgan fingerprint density at radius 1 is 0.775 bits per heavy atom. The summed E-state index contributed by atoms with van der Waals surface area (Å²) in [7, 11) is 0. The number of carbonyl (C=O) groups excluding carboxylic acids is 1. The Morgan fingerprint density at radius 3 is 1.93 bits per heavy atom. The lowest BCUT2D eigenvalue weighted by molar-refractivity contribution is -0.359. The minimum absolute atomic E-state index is 0.0240. The Bertz CT molecular complexity index is 746. The molecule has 16 heteroatoms. The predicted molar refractivity (Wildman–Crippen MR) is 128 cm³/mol. The number of amides is 1. The van der Waals surface area contributed by atoms with Crippen LogP contribution in [0.25, 0.3) is 0 Å². The van der Waals surface area contributed by atoms with Gasteiger partial charge in [0.05, 0.1) is 13.2 Å². The number of unbranched alkanes of at least 4 members (excludes halogenated alkanes) is 4. The molecule has 1 amide bonds. The molecule has 2 fully saturated rings. The van der Waals surface area contributed by atoms with Gasteiger partial charge >= 0.3 is 12.1 Å². The molecular formula is C24H42F3NO12. The normalized spacial score (nSPS) is 35.1. The van der Waals surface area contributed by atoms with Crippen molar-refractivity contribution in [3.63, 3.8) is 0 Å². The lowest BCUT2D eigenvalue weighted by Gasteiger charge is -2.45. The molecule has 7 N–H and O–H groups in total. The number of nitrogens with zero attached hydrogens (tertiary/aromatic N) is 1. The van der Waals surface area contributed by atoms with Gasteiger partial charge in [-0.25, -0.2) is 0 Å². The van der Waals surface area contributed by atoms with Gasteiger partial charge in [0, 0.05) is 19.7 Å². The first-order valence-corrected chi connectivity index (χ1v) is 13.4. The highest BCUT2D eigenvalue weighted by Gasteiger charge is 2.50. The Labute approximate surface area is 230 Å². The third-order valence-corrected chi connectivity index (χ3v) is 6.88. The van der Waals surface area contributed by atoms with E-state index in [0.717, 1.165) is 17.7 Å². The Balaban J connectivity index is 1.88. The Hall–Kier alpha value is -1.18. The number of carbonyl (C=O) groups is 1. The van der Waals surface area contributed by atoms with Gasteiger partial charge in [-0.3, -0.25) is 4.79 Å². The first kappa shape index (κ1) is 35.0. The van der Waals surface area contributed by atoms with Crippen molar-refractivity contribution in [3.8, 4) is 0 Å².